The third-order valence-corrected chi connectivity index (χ3v) is 20.0. The van der Waals surface area contributed by atoms with Crippen LogP contribution in [0, 0.1) is 39.3 Å². The van der Waals surface area contributed by atoms with Crippen LogP contribution in [0.4, 0.5) is 42.4 Å². The number of rotatable bonds is 12. The van der Waals surface area contributed by atoms with Gasteiger partial charge in [0.15, 0.2) is 11.6 Å². The quantitative estimate of drug-likeness (QED) is 0.0854. The average molecular weight is 1260 g/mol. The van der Waals surface area contributed by atoms with Crippen LogP contribution in [0.3, 0.4) is 0 Å². The van der Waals surface area contributed by atoms with Crippen molar-refractivity contribution in [2.24, 2.45) is 0 Å². The van der Waals surface area contributed by atoms with E-state index in [-0.39, 0.29) is 47.8 Å². The molecule has 7 saturated heterocycles. The first-order valence-corrected chi connectivity index (χ1v) is 32.3. The second-order valence-electron chi connectivity index (χ2n) is 25.2. The normalized spacial score (nSPS) is 23.4. The van der Waals surface area contributed by atoms with Crippen molar-refractivity contribution in [3.63, 3.8) is 0 Å². The van der Waals surface area contributed by atoms with Gasteiger partial charge in [0.1, 0.15) is 42.1 Å². The molecule has 0 aliphatic carbocycles. The molecule has 11 heterocycles. The second-order valence-corrected chi connectivity index (χ2v) is 25.2. The maximum atomic E-state index is 16.9. The number of aromatic nitrogens is 8. The van der Waals surface area contributed by atoms with Crippen molar-refractivity contribution in [2.45, 2.75) is 148 Å². The number of benzene rings is 4. The Morgan fingerprint density at radius 1 is 0.626 bits per heavy atom. The summed E-state index contributed by atoms with van der Waals surface area (Å²) in [7, 11) is 0. The molecular weight excluding hydrogens is 1180 g/mol. The molecule has 2 bridgehead atoms. The molecule has 91 heavy (non-hydrogen) atoms. The Bertz CT molecular complexity index is 4070. The van der Waals surface area contributed by atoms with Crippen LogP contribution in [0.2, 0.25) is 0 Å². The number of alkyl halides is 1. The van der Waals surface area contributed by atoms with E-state index in [1.54, 1.807) is 30.6 Å². The number of nitrogens with one attached hydrogen (secondary N) is 4. The number of hydrogen-bond acceptors (Lipinski definition) is 14. The summed E-state index contributed by atoms with van der Waals surface area (Å²) >= 11 is 0. The summed E-state index contributed by atoms with van der Waals surface area (Å²) in [6, 6.07) is 10.7. The number of halogens is 7. The van der Waals surface area contributed by atoms with Crippen LogP contribution in [-0.4, -0.2) is 157 Å². The minimum absolute atomic E-state index is 0.0150. The van der Waals surface area contributed by atoms with E-state index in [0.717, 1.165) is 132 Å². The summed E-state index contributed by atoms with van der Waals surface area (Å²) in [4.78, 5) is 27.4. The topological polar surface area (TPSA) is 164 Å². The molecule has 0 radical (unpaired) electrons. The molecule has 7 aliphatic heterocycles. The number of hydrogen-bond donors (Lipinski definition) is 4. The fourth-order valence-electron chi connectivity index (χ4n) is 15.6. The van der Waals surface area contributed by atoms with Gasteiger partial charge < -0.3 is 29.9 Å². The zero-order valence-corrected chi connectivity index (χ0v) is 53.1. The van der Waals surface area contributed by atoms with Crippen LogP contribution in [0.5, 0.6) is 12.0 Å². The molecule has 5 atom stereocenters. The molecule has 15 rings (SSSR count). The van der Waals surface area contributed by atoms with Crippen molar-refractivity contribution in [1.29, 1.82) is 0 Å². The highest BCUT2D eigenvalue weighted by Gasteiger charge is 2.50. The average Bonchev–Trinajstić information content (AvgIpc) is 1.54. The van der Waals surface area contributed by atoms with Crippen molar-refractivity contribution < 1.29 is 40.2 Å². The van der Waals surface area contributed by atoms with Gasteiger partial charge in [-0.25, -0.2) is 13.2 Å². The molecule has 4 aromatic carbocycles. The number of piperazine rings is 2. The molecule has 7 fully saturated rings. The van der Waals surface area contributed by atoms with E-state index in [1.165, 1.54) is 0 Å². The van der Waals surface area contributed by atoms with Crippen molar-refractivity contribution in [1.82, 2.24) is 60.8 Å². The van der Waals surface area contributed by atoms with Crippen molar-refractivity contribution in [2.75, 3.05) is 81.9 Å². The van der Waals surface area contributed by atoms with Crippen LogP contribution in [0.25, 0.3) is 65.9 Å². The molecule has 0 amide bonds. The van der Waals surface area contributed by atoms with E-state index < -0.39 is 47.1 Å². The Morgan fingerprint density at radius 3 is 1.73 bits per heavy atom. The standard InChI is InChI=1S/C33H36F3N7O.C31H33F4N7O.2C2H6/c1-19-13-25-24(15-37-41-25)27(20(19)2)22-5-6-23-29(28(22)36)38-31(44-18-33-8-3-11-43(33)12-4-9-33)39-30(23)42-16-21-7-10-32(17-42,40-21)14-26(34)35;1-17-10-24-23(13-37-40-24)26(18(17)2)21-4-5-22-28(27(21)35)38-30(43-16-31-6-3-8-42(31)14-19(32)12-31)39-29(22)41-9-7-36-20(15-41)11-25(33)34;2*1-2/h5-6,13-15,21,40H,3-4,7-12,16-18H2,1-2H3,(H,37,41);4-5,10-11,13,19-20,36H,3,6-9,12,14-16H2,1-2H3,(H,37,40);2*1-2H3/t21-,32-;19-,20?,31+;;/m11../s1. The number of ether oxygens (including phenoxy) is 2. The summed E-state index contributed by atoms with van der Waals surface area (Å²) in [5.41, 5.74) is 6.72. The van der Waals surface area contributed by atoms with Gasteiger partial charge in [-0.2, -0.15) is 47.7 Å². The molecule has 23 heteroatoms. The fourth-order valence-corrected chi connectivity index (χ4v) is 15.6. The first-order valence-electron chi connectivity index (χ1n) is 32.3. The number of anilines is 2. The van der Waals surface area contributed by atoms with Crippen LogP contribution in [0.1, 0.15) is 108 Å². The largest absolute Gasteiger partial charge is 0.461 e. The molecule has 4 N–H and O–H groups in total. The Balaban J connectivity index is 0.000000167. The highest BCUT2D eigenvalue weighted by atomic mass is 19.3. The minimum Gasteiger partial charge on any atom is -0.461 e. The molecule has 0 spiro atoms. The SMILES string of the molecule is CC.CC.Cc1cc2[nH]ncc2c(-c2ccc3c(N4CCNC(C=C(F)F)C4)nc(OC[C@@]45CCCN4C[C@H](F)C5)nc3c2F)c1C.Cc1cc2[nH]ncc2c(-c2ccc3c(N4C[C@H]5CC[C@@](C=C(F)F)(C4)N5)nc(OCC45CCCN4CCC5)nc3c2F)c1C. The zero-order chi connectivity index (χ0) is 64.1. The smallest absolute Gasteiger partial charge is 0.319 e. The summed E-state index contributed by atoms with van der Waals surface area (Å²) < 4.78 is 114. The highest BCUT2D eigenvalue weighted by Crippen LogP contribution is 2.45. The second kappa shape index (κ2) is 25.9. The summed E-state index contributed by atoms with van der Waals surface area (Å²) in [6.07, 6.45) is 8.81. The third kappa shape index (κ3) is 12.0. The molecule has 16 nitrogen and oxygen atoms in total. The van der Waals surface area contributed by atoms with Gasteiger partial charge in [0.05, 0.1) is 40.0 Å². The van der Waals surface area contributed by atoms with Crippen LogP contribution in [0.15, 0.2) is 73.1 Å². The van der Waals surface area contributed by atoms with E-state index in [1.807, 2.05) is 83.4 Å². The highest BCUT2D eigenvalue weighted by molar-refractivity contribution is 6.02. The Kier molecular flexibility index (Phi) is 18.1. The summed E-state index contributed by atoms with van der Waals surface area (Å²) in [5.74, 6) is -0.0673. The molecule has 484 valence electrons. The van der Waals surface area contributed by atoms with E-state index in [9.17, 15) is 22.0 Å². The van der Waals surface area contributed by atoms with E-state index >= 15 is 8.78 Å². The van der Waals surface area contributed by atoms with Crippen LogP contribution in [-0.2, 0) is 0 Å². The predicted octanol–water partition coefficient (Wildman–Crippen LogP) is 13.5. The fraction of sp³-hybridized carbons (Fsp3) is 0.500. The van der Waals surface area contributed by atoms with E-state index in [4.69, 9.17) is 24.4 Å². The van der Waals surface area contributed by atoms with E-state index in [2.05, 4.69) is 45.8 Å². The lowest BCUT2D eigenvalue weighted by molar-refractivity contribution is 0.107. The number of H-pyrrole nitrogens is 2. The molecule has 8 aromatic rings. The van der Waals surface area contributed by atoms with Crippen LogP contribution >= 0.6 is 0 Å². The minimum atomic E-state index is -1.77. The summed E-state index contributed by atoms with van der Waals surface area (Å²) in [6.45, 7) is 21.8. The lowest BCUT2D eigenvalue weighted by Crippen LogP contribution is -2.59. The summed E-state index contributed by atoms with van der Waals surface area (Å²) in [5, 5.41) is 23.5. The van der Waals surface area contributed by atoms with Gasteiger partial charge in [0, 0.05) is 96.5 Å². The van der Waals surface area contributed by atoms with Gasteiger partial charge >= 0.3 is 12.0 Å². The maximum Gasteiger partial charge on any atom is 0.319 e. The molecule has 7 aliphatic rings. The Hall–Kier alpha value is -7.47. The number of aromatic amines is 2. The monoisotopic (exact) mass is 1260 g/mol. The molecule has 1 unspecified atom stereocenters. The van der Waals surface area contributed by atoms with E-state index in [0.29, 0.717) is 85.7 Å². The maximum absolute atomic E-state index is 16.9. The van der Waals surface area contributed by atoms with Gasteiger partial charge in [-0.3, -0.25) is 20.0 Å². The van der Waals surface area contributed by atoms with Crippen molar-refractivity contribution in [3.8, 4) is 34.3 Å². The first-order chi connectivity index (χ1) is 44.0. The van der Waals surface area contributed by atoms with Gasteiger partial charge in [-0.05, 0) is 162 Å². The molecule has 4 aromatic heterocycles. The lowest BCUT2D eigenvalue weighted by Gasteiger charge is -2.40. The number of nitrogens with zero attached hydrogens (tertiary/aromatic N) is 10. The number of fused-ring (bicyclic) bond motifs is 8. The first kappa shape index (κ1) is 63.7. The third-order valence-electron chi connectivity index (χ3n) is 20.0. The van der Waals surface area contributed by atoms with Gasteiger partial charge in [0.25, 0.3) is 12.2 Å². The van der Waals surface area contributed by atoms with Gasteiger partial charge in [-0.1, -0.05) is 39.8 Å². The van der Waals surface area contributed by atoms with Crippen LogP contribution < -0.4 is 29.9 Å². The van der Waals surface area contributed by atoms with Gasteiger partial charge in [-0.15, -0.1) is 0 Å². The Morgan fingerprint density at radius 2 is 1.16 bits per heavy atom. The predicted molar refractivity (Wildman–Crippen MR) is 343 cm³/mol. The van der Waals surface area contributed by atoms with Gasteiger partial charge in [0.2, 0.25) is 0 Å². The number of aryl methyl sites for hydroxylation is 2. The Labute approximate surface area is 525 Å². The lowest BCUT2D eigenvalue weighted by atomic mass is 9.92. The molecule has 0 saturated carbocycles. The van der Waals surface area contributed by atoms with Crippen molar-refractivity contribution >= 4 is 55.2 Å². The zero-order valence-electron chi connectivity index (χ0n) is 53.1. The molecular formula is C68H81F7N14O2. The van der Waals surface area contributed by atoms with Crippen molar-refractivity contribution in [3.05, 3.63) is 107 Å².